The first kappa shape index (κ1) is 14.0. The van der Waals surface area contributed by atoms with Crippen LogP contribution in [0.15, 0.2) is 22.7 Å². The van der Waals surface area contributed by atoms with Gasteiger partial charge in [-0.2, -0.15) is 0 Å². The van der Waals surface area contributed by atoms with Crippen LogP contribution in [0, 0.1) is 0 Å². The average molecular weight is 321 g/mol. The zero-order valence-electron chi connectivity index (χ0n) is 9.04. The van der Waals surface area contributed by atoms with Gasteiger partial charge in [0.25, 0.3) is 5.91 Å². The van der Waals surface area contributed by atoms with Crippen LogP contribution in [-0.4, -0.2) is 23.0 Å². The summed E-state index contributed by atoms with van der Waals surface area (Å²) in [5, 5.41) is 11.7. The normalized spacial score (nSPS) is 11.9. The highest BCUT2D eigenvalue weighted by atomic mass is 79.9. The van der Waals surface area contributed by atoms with Crippen LogP contribution in [0.2, 0.25) is 5.02 Å². The first-order valence-corrected chi connectivity index (χ1v) is 6.05. The Bertz CT molecular complexity index is 450. The van der Waals surface area contributed by atoms with Crippen molar-refractivity contribution in [3.05, 3.63) is 33.3 Å². The van der Waals surface area contributed by atoms with Gasteiger partial charge in [0.1, 0.15) is 0 Å². The number of carbonyl (C=O) groups is 2. The zero-order valence-corrected chi connectivity index (χ0v) is 11.4. The highest BCUT2D eigenvalue weighted by molar-refractivity contribution is 9.10. The van der Waals surface area contributed by atoms with E-state index in [-0.39, 0.29) is 12.3 Å². The van der Waals surface area contributed by atoms with Crippen molar-refractivity contribution in [3.63, 3.8) is 0 Å². The molecule has 0 bridgehead atoms. The molecule has 1 aromatic rings. The third-order valence-electron chi connectivity index (χ3n) is 2.04. The monoisotopic (exact) mass is 319 g/mol. The van der Waals surface area contributed by atoms with Crippen LogP contribution in [-0.2, 0) is 4.79 Å². The predicted molar refractivity (Wildman–Crippen MR) is 68.3 cm³/mol. The lowest BCUT2D eigenvalue weighted by Gasteiger charge is -2.11. The Kier molecular flexibility index (Phi) is 4.96. The summed E-state index contributed by atoms with van der Waals surface area (Å²) in [5.74, 6) is -1.27. The Labute approximate surface area is 112 Å². The lowest BCUT2D eigenvalue weighted by Crippen LogP contribution is -2.34. The molecule has 4 nitrogen and oxygen atoms in total. The first-order valence-electron chi connectivity index (χ1n) is 4.88. The Morgan fingerprint density at radius 1 is 1.53 bits per heavy atom. The second-order valence-electron chi connectivity index (χ2n) is 3.60. The number of hydrogen-bond donors (Lipinski definition) is 2. The number of rotatable bonds is 4. The molecule has 0 aliphatic carbocycles. The van der Waals surface area contributed by atoms with Gasteiger partial charge in [-0.3, -0.25) is 9.59 Å². The number of carboxylic acids is 1. The third-order valence-corrected chi connectivity index (χ3v) is 3.25. The van der Waals surface area contributed by atoms with Crippen LogP contribution in [0.1, 0.15) is 23.7 Å². The molecule has 0 aliphatic heterocycles. The highest BCUT2D eigenvalue weighted by Gasteiger charge is 2.13. The minimum absolute atomic E-state index is 0.111. The summed E-state index contributed by atoms with van der Waals surface area (Å²) in [4.78, 5) is 22.2. The number of carboxylic acid groups (broad SMARTS) is 1. The van der Waals surface area contributed by atoms with Crippen molar-refractivity contribution in [3.8, 4) is 0 Å². The summed E-state index contributed by atoms with van der Waals surface area (Å²) in [6.07, 6.45) is -0.111. The largest absolute Gasteiger partial charge is 0.481 e. The van der Waals surface area contributed by atoms with Crippen LogP contribution >= 0.6 is 27.5 Å². The molecule has 0 heterocycles. The fraction of sp³-hybridized carbons (Fsp3) is 0.273. The minimum Gasteiger partial charge on any atom is -0.481 e. The zero-order chi connectivity index (χ0) is 13.0. The maximum absolute atomic E-state index is 11.7. The molecular weight excluding hydrogens is 309 g/mol. The molecule has 0 aliphatic rings. The molecule has 0 aromatic heterocycles. The number of hydrogen-bond acceptors (Lipinski definition) is 2. The van der Waals surface area contributed by atoms with E-state index in [1.54, 1.807) is 25.1 Å². The molecule has 0 radical (unpaired) electrons. The van der Waals surface area contributed by atoms with Gasteiger partial charge in [0.2, 0.25) is 0 Å². The highest BCUT2D eigenvalue weighted by Crippen LogP contribution is 2.23. The predicted octanol–water partition coefficient (Wildman–Crippen LogP) is 2.70. The van der Waals surface area contributed by atoms with Crippen molar-refractivity contribution in [2.24, 2.45) is 0 Å². The van der Waals surface area contributed by atoms with Gasteiger partial charge in [-0.05, 0) is 41.1 Å². The van der Waals surface area contributed by atoms with Gasteiger partial charge < -0.3 is 10.4 Å². The van der Waals surface area contributed by atoms with E-state index in [0.29, 0.717) is 15.1 Å². The molecule has 17 heavy (non-hydrogen) atoms. The molecule has 6 heteroatoms. The fourth-order valence-corrected chi connectivity index (χ4v) is 1.75. The maximum atomic E-state index is 11.7. The summed E-state index contributed by atoms with van der Waals surface area (Å²) in [5.41, 5.74) is 0.429. The molecule has 2 N–H and O–H groups in total. The van der Waals surface area contributed by atoms with E-state index in [2.05, 4.69) is 21.2 Å². The standard InChI is InChI=1S/C11H11BrClNO3/c1-6(4-10(15)16)14-11(17)7-2-3-9(13)8(12)5-7/h2-3,5-6H,4H2,1H3,(H,14,17)(H,15,16). The van der Waals surface area contributed by atoms with Crippen LogP contribution in [0.25, 0.3) is 0 Å². The molecule has 1 amide bonds. The van der Waals surface area contributed by atoms with Crippen molar-refractivity contribution >= 4 is 39.4 Å². The first-order chi connectivity index (χ1) is 7.90. The molecule has 1 unspecified atom stereocenters. The van der Waals surface area contributed by atoms with E-state index >= 15 is 0 Å². The summed E-state index contributed by atoms with van der Waals surface area (Å²) < 4.78 is 0.623. The van der Waals surface area contributed by atoms with Gasteiger partial charge >= 0.3 is 5.97 Å². The van der Waals surface area contributed by atoms with E-state index in [4.69, 9.17) is 16.7 Å². The molecule has 1 rings (SSSR count). The van der Waals surface area contributed by atoms with Crippen molar-refractivity contribution in [2.45, 2.75) is 19.4 Å². The van der Waals surface area contributed by atoms with E-state index in [1.165, 1.54) is 0 Å². The molecule has 1 aromatic carbocycles. The quantitative estimate of drug-likeness (QED) is 0.896. The molecular formula is C11H11BrClNO3. The maximum Gasteiger partial charge on any atom is 0.305 e. The van der Waals surface area contributed by atoms with E-state index in [0.717, 1.165) is 0 Å². The molecule has 92 valence electrons. The summed E-state index contributed by atoms with van der Waals surface area (Å²) in [6.45, 7) is 1.64. The van der Waals surface area contributed by atoms with Gasteiger partial charge in [0.15, 0.2) is 0 Å². The minimum atomic E-state index is -0.949. The summed E-state index contributed by atoms with van der Waals surface area (Å²) >= 11 is 9.02. The third kappa shape index (κ3) is 4.36. The Hall–Kier alpha value is -1.07. The SMILES string of the molecule is CC(CC(=O)O)NC(=O)c1ccc(Cl)c(Br)c1. The lowest BCUT2D eigenvalue weighted by molar-refractivity contribution is -0.137. The molecule has 0 saturated heterocycles. The smallest absolute Gasteiger partial charge is 0.305 e. The van der Waals surface area contributed by atoms with Crippen LogP contribution in [0.5, 0.6) is 0 Å². The van der Waals surface area contributed by atoms with Gasteiger partial charge in [-0.25, -0.2) is 0 Å². The number of halogens is 2. The van der Waals surface area contributed by atoms with Crippen molar-refractivity contribution in [1.82, 2.24) is 5.32 Å². The molecule has 1 atom stereocenters. The Morgan fingerprint density at radius 2 is 2.18 bits per heavy atom. The topological polar surface area (TPSA) is 66.4 Å². The second kappa shape index (κ2) is 6.02. The molecule has 0 fully saturated rings. The van der Waals surface area contributed by atoms with Crippen molar-refractivity contribution in [2.75, 3.05) is 0 Å². The number of benzene rings is 1. The Morgan fingerprint density at radius 3 is 2.71 bits per heavy atom. The van der Waals surface area contributed by atoms with Crippen molar-refractivity contribution in [1.29, 1.82) is 0 Å². The van der Waals surface area contributed by atoms with Crippen LogP contribution < -0.4 is 5.32 Å². The number of aliphatic carboxylic acids is 1. The van der Waals surface area contributed by atoms with Gasteiger partial charge in [-0.1, -0.05) is 11.6 Å². The summed E-state index contributed by atoms with van der Waals surface area (Å²) in [6, 6.07) is 4.35. The number of carbonyl (C=O) groups excluding carboxylic acids is 1. The van der Waals surface area contributed by atoms with Gasteiger partial charge in [-0.15, -0.1) is 0 Å². The van der Waals surface area contributed by atoms with Crippen LogP contribution in [0.4, 0.5) is 0 Å². The second-order valence-corrected chi connectivity index (χ2v) is 4.86. The van der Waals surface area contributed by atoms with E-state index < -0.39 is 12.0 Å². The van der Waals surface area contributed by atoms with Gasteiger partial charge in [0, 0.05) is 16.1 Å². The van der Waals surface area contributed by atoms with E-state index in [9.17, 15) is 9.59 Å². The van der Waals surface area contributed by atoms with E-state index in [1.807, 2.05) is 0 Å². The van der Waals surface area contributed by atoms with Crippen LogP contribution in [0.3, 0.4) is 0 Å². The number of nitrogens with one attached hydrogen (secondary N) is 1. The molecule has 0 saturated carbocycles. The fourth-order valence-electron chi connectivity index (χ4n) is 1.26. The Balaban J connectivity index is 2.70. The van der Waals surface area contributed by atoms with Gasteiger partial charge in [0.05, 0.1) is 11.4 Å². The average Bonchev–Trinajstić information content (AvgIpc) is 2.20. The lowest BCUT2D eigenvalue weighted by atomic mass is 10.2. The molecule has 0 spiro atoms. The summed E-state index contributed by atoms with van der Waals surface area (Å²) in [7, 11) is 0. The van der Waals surface area contributed by atoms with Crippen molar-refractivity contribution < 1.29 is 14.7 Å². The number of amides is 1.